The van der Waals surface area contributed by atoms with Gasteiger partial charge in [0, 0.05) is 10.8 Å². The number of allylic oxidation sites excluding steroid dienone is 2. The van der Waals surface area contributed by atoms with E-state index in [-0.39, 0.29) is 5.83 Å². The van der Waals surface area contributed by atoms with Crippen LogP contribution in [0.4, 0.5) is 4.39 Å². The van der Waals surface area contributed by atoms with E-state index in [1.807, 2.05) is 6.08 Å². The number of rotatable bonds is 3. The zero-order valence-corrected chi connectivity index (χ0v) is 10.8. The van der Waals surface area contributed by atoms with Gasteiger partial charge in [0.15, 0.2) is 0 Å². The van der Waals surface area contributed by atoms with Crippen LogP contribution < -0.4 is 0 Å². The van der Waals surface area contributed by atoms with Crippen LogP contribution >= 0.6 is 22.6 Å². The molecular weight excluding hydrogens is 290 g/mol. The summed E-state index contributed by atoms with van der Waals surface area (Å²) >= 11 is 2.47. The number of fused-ring (bicyclic) bond motifs is 1. The van der Waals surface area contributed by atoms with E-state index in [2.05, 4.69) is 29.5 Å². The van der Waals surface area contributed by atoms with Gasteiger partial charge in [-0.2, -0.15) is 0 Å². The van der Waals surface area contributed by atoms with E-state index in [0.29, 0.717) is 5.92 Å². The fourth-order valence-electron chi connectivity index (χ4n) is 3.34. The van der Waals surface area contributed by atoms with E-state index in [1.54, 1.807) is 0 Å². The monoisotopic (exact) mass is 308 g/mol. The van der Waals surface area contributed by atoms with Gasteiger partial charge in [0.25, 0.3) is 0 Å². The van der Waals surface area contributed by atoms with Crippen LogP contribution in [0.25, 0.3) is 0 Å². The summed E-state index contributed by atoms with van der Waals surface area (Å²) in [7, 11) is 0. The van der Waals surface area contributed by atoms with Crippen molar-refractivity contribution in [2.24, 2.45) is 23.7 Å². The van der Waals surface area contributed by atoms with Crippen LogP contribution in [-0.4, -0.2) is 4.43 Å². The van der Waals surface area contributed by atoms with Crippen molar-refractivity contribution in [3.8, 4) is 0 Å². The summed E-state index contributed by atoms with van der Waals surface area (Å²) < 4.78 is 14.3. The van der Waals surface area contributed by atoms with Gasteiger partial charge in [0.05, 0.1) is 5.83 Å². The number of alkyl halides is 1. The van der Waals surface area contributed by atoms with E-state index in [1.165, 1.54) is 17.3 Å². The fraction of sp³-hybridized carbons (Fsp3) is 0.833. The SMILES string of the molecule is CCCC1C(CI)C2CC(F)=CC[C@@H]12. The highest BCUT2D eigenvalue weighted by molar-refractivity contribution is 14.1. The van der Waals surface area contributed by atoms with Crippen molar-refractivity contribution in [3.63, 3.8) is 0 Å². The molecule has 4 atom stereocenters. The molecule has 0 bridgehead atoms. The molecule has 2 aliphatic carbocycles. The molecule has 80 valence electrons. The maximum Gasteiger partial charge on any atom is 0.0962 e. The Morgan fingerprint density at radius 2 is 2.21 bits per heavy atom. The molecule has 0 aliphatic heterocycles. The van der Waals surface area contributed by atoms with Crippen molar-refractivity contribution in [2.75, 3.05) is 4.43 Å². The largest absolute Gasteiger partial charge is 0.212 e. The summed E-state index contributed by atoms with van der Waals surface area (Å²) in [5.41, 5.74) is 0. The first-order chi connectivity index (χ1) is 6.77. The maximum atomic E-state index is 13.1. The first-order valence-corrected chi connectivity index (χ1v) is 7.21. The molecule has 0 aromatic heterocycles. The molecule has 0 aromatic rings. The molecule has 0 N–H and O–H groups in total. The zero-order valence-electron chi connectivity index (χ0n) is 8.68. The molecule has 0 saturated heterocycles. The van der Waals surface area contributed by atoms with Gasteiger partial charge in [-0.1, -0.05) is 48.4 Å². The predicted octanol–water partition coefficient (Wildman–Crippen LogP) is 4.35. The second kappa shape index (κ2) is 4.50. The van der Waals surface area contributed by atoms with Gasteiger partial charge in [-0.05, 0) is 30.1 Å². The molecule has 0 radical (unpaired) electrons. The second-order valence-corrected chi connectivity index (χ2v) is 5.57. The van der Waals surface area contributed by atoms with Crippen LogP contribution in [-0.2, 0) is 0 Å². The van der Waals surface area contributed by atoms with Gasteiger partial charge in [0.1, 0.15) is 0 Å². The number of hydrogen-bond donors (Lipinski definition) is 0. The second-order valence-electron chi connectivity index (χ2n) is 4.69. The van der Waals surface area contributed by atoms with Crippen LogP contribution in [0, 0.1) is 23.7 Å². The van der Waals surface area contributed by atoms with Crippen molar-refractivity contribution >= 4 is 22.6 Å². The number of halogens is 2. The molecule has 0 aromatic carbocycles. The molecule has 0 heterocycles. The van der Waals surface area contributed by atoms with Crippen LogP contribution in [0.15, 0.2) is 11.9 Å². The van der Waals surface area contributed by atoms with Crippen LogP contribution in [0.5, 0.6) is 0 Å². The molecule has 1 saturated carbocycles. The minimum absolute atomic E-state index is 0.149. The van der Waals surface area contributed by atoms with Gasteiger partial charge >= 0.3 is 0 Å². The molecule has 0 spiro atoms. The summed E-state index contributed by atoms with van der Waals surface area (Å²) in [6.45, 7) is 2.26. The summed E-state index contributed by atoms with van der Waals surface area (Å²) in [5.74, 6) is 3.34. The van der Waals surface area contributed by atoms with Crippen molar-refractivity contribution in [1.82, 2.24) is 0 Å². The topological polar surface area (TPSA) is 0 Å². The smallest absolute Gasteiger partial charge is 0.0962 e. The van der Waals surface area contributed by atoms with Gasteiger partial charge in [-0.3, -0.25) is 0 Å². The van der Waals surface area contributed by atoms with Crippen molar-refractivity contribution in [3.05, 3.63) is 11.9 Å². The number of hydrogen-bond acceptors (Lipinski definition) is 0. The van der Waals surface area contributed by atoms with Crippen molar-refractivity contribution in [1.29, 1.82) is 0 Å². The van der Waals surface area contributed by atoms with E-state index >= 15 is 0 Å². The Morgan fingerprint density at radius 1 is 1.43 bits per heavy atom. The zero-order chi connectivity index (χ0) is 10.1. The first-order valence-electron chi connectivity index (χ1n) is 5.68. The predicted molar refractivity (Wildman–Crippen MR) is 66.2 cm³/mol. The molecule has 1 fully saturated rings. The van der Waals surface area contributed by atoms with Crippen LogP contribution in [0.3, 0.4) is 0 Å². The Labute approximate surface area is 99.5 Å². The van der Waals surface area contributed by atoms with E-state index < -0.39 is 0 Å². The highest BCUT2D eigenvalue weighted by Crippen LogP contribution is 2.55. The van der Waals surface area contributed by atoms with Gasteiger partial charge in [-0.15, -0.1) is 0 Å². The third kappa shape index (κ3) is 1.74. The highest BCUT2D eigenvalue weighted by Gasteiger charge is 2.49. The summed E-state index contributed by atoms with van der Waals surface area (Å²) in [6.07, 6.45) is 6.21. The third-order valence-corrected chi connectivity index (χ3v) is 5.06. The molecule has 3 unspecified atom stereocenters. The summed E-state index contributed by atoms with van der Waals surface area (Å²) in [4.78, 5) is 0. The van der Waals surface area contributed by atoms with Gasteiger partial charge in [-0.25, -0.2) is 4.39 Å². The quantitative estimate of drug-likeness (QED) is 0.537. The van der Waals surface area contributed by atoms with E-state index in [9.17, 15) is 4.39 Å². The average Bonchev–Trinajstić information content (AvgIpc) is 2.16. The van der Waals surface area contributed by atoms with E-state index in [0.717, 1.165) is 30.6 Å². The molecule has 2 aliphatic rings. The fourth-order valence-corrected chi connectivity index (χ4v) is 4.65. The minimum Gasteiger partial charge on any atom is -0.212 e. The van der Waals surface area contributed by atoms with Crippen molar-refractivity contribution < 1.29 is 4.39 Å². The Kier molecular flexibility index (Phi) is 3.50. The molecular formula is C12H18FI. The van der Waals surface area contributed by atoms with Crippen LogP contribution in [0.1, 0.15) is 32.6 Å². The normalized spacial score (nSPS) is 41.2. The Bertz CT molecular complexity index is 236. The first kappa shape index (κ1) is 10.9. The Morgan fingerprint density at radius 3 is 2.86 bits per heavy atom. The average molecular weight is 308 g/mol. The van der Waals surface area contributed by atoms with Gasteiger partial charge < -0.3 is 0 Å². The summed E-state index contributed by atoms with van der Waals surface area (Å²) in [6, 6.07) is 0. The molecule has 0 amide bonds. The molecule has 2 heteroatoms. The van der Waals surface area contributed by atoms with Crippen LogP contribution in [0.2, 0.25) is 0 Å². The summed E-state index contributed by atoms with van der Waals surface area (Å²) in [5, 5.41) is 0. The third-order valence-electron chi connectivity index (χ3n) is 4.04. The van der Waals surface area contributed by atoms with E-state index in [4.69, 9.17) is 0 Å². The Hall–Kier alpha value is 0.400. The lowest BCUT2D eigenvalue weighted by Gasteiger charge is -2.53. The standard InChI is InChI=1S/C12H18FI/c1-2-3-9-10-5-4-8(13)6-11(10)12(9)7-14/h4,9-12H,2-3,5-7H2,1H3/t9?,10-,11?,12?/m0/s1. The van der Waals surface area contributed by atoms with Gasteiger partial charge in [0.2, 0.25) is 0 Å². The Balaban J connectivity index is 2.02. The lowest BCUT2D eigenvalue weighted by atomic mass is 9.52. The molecule has 2 rings (SSSR count). The molecule has 14 heavy (non-hydrogen) atoms. The highest BCUT2D eigenvalue weighted by atomic mass is 127. The minimum atomic E-state index is 0.149. The lowest BCUT2D eigenvalue weighted by molar-refractivity contribution is -0.0194. The molecule has 0 nitrogen and oxygen atoms in total. The maximum absolute atomic E-state index is 13.1. The lowest BCUT2D eigenvalue weighted by Crippen LogP contribution is -2.48. The van der Waals surface area contributed by atoms with Crippen molar-refractivity contribution in [2.45, 2.75) is 32.6 Å².